The second-order valence-electron chi connectivity index (χ2n) is 3.52. The van der Waals surface area contributed by atoms with Crippen molar-refractivity contribution in [2.45, 2.75) is 32.1 Å². The number of carbonyl (C=O) groups excluding carboxylic acids is 2. The maximum absolute atomic E-state index is 11.5. The molecule has 0 aliphatic heterocycles. The number of urea groups is 1. The van der Waals surface area contributed by atoms with Crippen LogP contribution < -0.4 is 16.0 Å². The number of hydrogen-bond donors (Lipinski definition) is 3. The zero-order chi connectivity index (χ0) is 12.6. The van der Waals surface area contributed by atoms with Crippen molar-refractivity contribution in [2.24, 2.45) is 0 Å². The Kier molecular flexibility index (Phi) is 8.01. The summed E-state index contributed by atoms with van der Waals surface area (Å²) in [5.74, 6) is -0.306. The number of nitrogens with one attached hydrogen (secondary N) is 3. The van der Waals surface area contributed by atoms with Crippen molar-refractivity contribution in [3.63, 3.8) is 0 Å². The van der Waals surface area contributed by atoms with Crippen LogP contribution in [0.3, 0.4) is 0 Å². The Morgan fingerprint density at radius 1 is 1.31 bits per heavy atom. The molecule has 94 valence electrons. The van der Waals surface area contributed by atoms with Crippen molar-refractivity contribution in [1.29, 1.82) is 0 Å². The zero-order valence-electron chi connectivity index (χ0n) is 10.3. The summed E-state index contributed by atoms with van der Waals surface area (Å²) < 4.78 is 0. The number of rotatable bonds is 6. The average Bonchev–Trinajstić information content (AvgIpc) is 2.25. The van der Waals surface area contributed by atoms with Crippen LogP contribution in [0.15, 0.2) is 0 Å². The van der Waals surface area contributed by atoms with Gasteiger partial charge < -0.3 is 10.6 Å². The highest BCUT2D eigenvalue weighted by Crippen LogP contribution is 2.02. The zero-order valence-corrected chi connectivity index (χ0v) is 11.1. The molecule has 6 heteroatoms. The molecule has 0 rings (SSSR count). The third-order valence-electron chi connectivity index (χ3n) is 2.08. The standard InChI is InChI=1S/C10H21N3O2S/c1-5-11-10(15)13-9(14)8(3)12-6-7(2)16-4/h7-8,12H,5-6H2,1-4H3,(H2,11,13,14,15). The predicted molar refractivity (Wildman–Crippen MR) is 67.7 cm³/mol. The SMILES string of the molecule is CCNC(=O)NC(=O)C(C)NCC(C)SC. The van der Waals surface area contributed by atoms with Gasteiger partial charge >= 0.3 is 6.03 Å². The summed E-state index contributed by atoms with van der Waals surface area (Å²) in [7, 11) is 0. The molecular weight excluding hydrogens is 226 g/mol. The van der Waals surface area contributed by atoms with Crippen molar-refractivity contribution in [1.82, 2.24) is 16.0 Å². The fourth-order valence-electron chi connectivity index (χ4n) is 0.944. The minimum Gasteiger partial charge on any atom is -0.338 e. The molecule has 0 heterocycles. The molecule has 0 saturated heterocycles. The highest BCUT2D eigenvalue weighted by Gasteiger charge is 2.15. The van der Waals surface area contributed by atoms with Crippen LogP contribution in [0.4, 0.5) is 4.79 Å². The quantitative estimate of drug-likeness (QED) is 0.641. The fourth-order valence-corrected chi connectivity index (χ4v) is 1.21. The Bertz CT molecular complexity index is 236. The van der Waals surface area contributed by atoms with E-state index in [0.717, 1.165) is 6.54 Å². The van der Waals surface area contributed by atoms with Gasteiger partial charge in [-0.1, -0.05) is 6.92 Å². The predicted octanol–water partition coefficient (Wildman–Crippen LogP) is 0.562. The van der Waals surface area contributed by atoms with Crippen molar-refractivity contribution >= 4 is 23.7 Å². The molecule has 0 bridgehead atoms. The van der Waals surface area contributed by atoms with E-state index in [1.165, 1.54) is 0 Å². The van der Waals surface area contributed by atoms with Crippen LogP contribution in [-0.4, -0.2) is 42.6 Å². The van der Waals surface area contributed by atoms with Crippen LogP contribution in [0.25, 0.3) is 0 Å². The first-order valence-electron chi connectivity index (χ1n) is 5.36. The van der Waals surface area contributed by atoms with E-state index in [1.54, 1.807) is 25.6 Å². The minimum absolute atomic E-state index is 0.306. The van der Waals surface area contributed by atoms with Gasteiger partial charge in [-0.15, -0.1) is 0 Å². The van der Waals surface area contributed by atoms with Crippen molar-refractivity contribution in [3.8, 4) is 0 Å². The molecule has 2 unspecified atom stereocenters. The lowest BCUT2D eigenvalue weighted by Crippen LogP contribution is -2.48. The summed E-state index contributed by atoms with van der Waals surface area (Å²) in [6, 6.07) is -0.809. The van der Waals surface area contributed by atoms with Crippen LogP contribution in [-0.2, 0) is 4.79 Å². The van der Waals surface area contributed by atoms with Crippen molar-refractivity contribution in [3.05, 3.63) is 0 Å². The Morgan fingerprint density at radius 3 is 2.44 bits per heavy atom. The average molecular weight is 247 g/mol. The van der Waals surface area contributed by atoms with E-state index in [9.17, 15) is 9.59 Å². The maximum Gasteiger partial charge on any atom is 0.321 e. The van der Waals surface area contributed by atoms with E-state index in [0.29, 0.717) is 11.8 Å². The maximum atomic E-state index is 11.5. The Balaban J connectivity index is 3.85. The molecule has 0 aliphatic rings. The van der Waals surface area contributed by atoms with E-state index in [2.05, 4.69) is 22.9 Å². The Hall–Kier alpha value is -0.750. The Morgan fingerprint density at radius 2 is 1.94 bits per heavy atom. The number of amides is 3. The summed E-state index contributed by atoms with van der Waals surface area (Å²) in [5, 5.41) is 8.28. The molecule has 0 aromatic heterocycles. The van der Waals surface area contributed by atoms with E-state index >= 15 is 0 Å². The van der Waals surface area contributed by atoms with Crippen LogP contribution in [0.1, 0.15) is 20.8 Å². The number of carbonyl (C=O) groups is 2. The van der Waals surface area contributed by atoms with E-state index < -0.39 is 6.03 Å². The van der Waals surface area contributed by atoms with Crippen LogP contribution in [0.5, 0.6) is 0 Å². The lowest BCUT2D eigenvalue weighted by atomic mass is 10.3. The molecule has 0 aromatic rings. The lowest BCUT2D eigenvalue weighted by Gasteiger charge is -2.15. The second kappa shape index (κ2) is 8.41. The molecule has 3 N–H and O–H groups in total. The van der Waals surface area contributed by atoms with Crippen LogP contribution in [0.2, 0.25) is 0 Å². The van der Waals surface area contributed by atoms with Gasteiger partial charge in [-0.25, -0.2) is 4.79 Å². The molecule has 0 spiro atoms. The minimum atomic E-state index is -0.445. The first kappa shape index (κ1) is 15.2. The Labute approximate surface area is 101 Å². The third-order valence-corrected chi connectivity index (χ3v) is 3.05. The molecule has 0 saturated carbocycles. The van der Waals surface area contributed by atoms with E-state index in [1.807, 2.05) is 6.26 Å². The number of hydrogen-bond acceptors (Lipinski definition) is 4. The van der Waals surface area contributed by atoms with Gasteiger partial charge in [0.15, 0.2) is 0 Å². The molecule has 0 fully saturated rings. The molecule has 0 aromatic carbocycles. The van der Waals surface area contributed by atoms with Gasteiger partial charge in [0.05, 0.1) is 6.04 Å². The van der Waals surface area contributed by atoms with Gasteiger partial charge in [0, 0.05) is 18.3 Å². The van der Waals surface area contributed by atoms with E-state index in [4.69, 9.17) is 0 Å². The van der Waals surface area contributed by atoms with Crippen LogP contribution >= 0.6 is 11.8 Å². The monoisotopic (exact) mass is 247 g/mol. The smallest absolute Gasteiger partial charge is 0.321 e. The van der Waals surface area contributed by atoms with Gasteiger partial charge in [0.25, 0.3) is 0 Å². The first-order chi connectivity index (χ1) is 7.51. The molecule has 0 radical (unpaired) electrons. The van der Waals surface area contributed by atoms with Crippen LogP contribution in [0, 0.1) is 0 Å². The molecular formula is C10H21N3O2S. The fraction of sp³-hybridized carbons (Fsp3) is 0.800. The number of imide groups is 1. The van der Waals surface area contributed by atoms with Crippen molar-refractivity contribution < 1.29 is 9.59 Å². The summed E-state index contributed by atoms with van der Waals surface area (Å²) in [6.45, 7) is 6.86. The largest absolute Gasteiger partial charge is 0.338 e. The van der Waals surface area contributed by atoms with Gasteiger partial charge in [-0.05, 0) is 20.1 Å². The molecule has 5 nitrogen and oxygen atoms in total. The molecule has 16 heavy (non-hydrogen) atoms. The topological polar surface area (TPSA) is 70.2 Å². The normalized spacial score (nSPS) is 14.0. The van der Waals surface area contributed by atoms with Gasteiger partial charge in [0.2, 0.25) is 5.91 Å². The summed E-state index contributed by atoms with van der Waals surface area (Å²) >= 11 is 1.73. The molecule has 2 atom stereocenters. The second-order valence-corrected chi connectivity index (χ2v) is 4.80. The van der Waals surface area contributed by atoms with E-state index in [-0.39, 0.29) is 11.9 Å². The van der Waals surface area contributed by atoms with Crippen molar-refractivity contribution in [2.75, 3.05) is 19.3 Å². The summed E-state index contributed by atoms with van der Waals surface area (Å²) in [5.41, 5.74) is 0. The summed E-state index contributed by atoms with van der Waals surface area (Å²) in [4.78, 5) is 22.6. The highest BCUT2D eigenvalue weighted by atomic mass is 32.2. The van der Waals surface area contributed by atoms with Gasteiger partial charge in [0.1, 0.15) is 0 Å². The summed E-state index contributed by atoms with van der Waals surface area (Å²) in [6.07, 6.45) is 2.02. The number of thioether (sulfide) groups is 1. The van der Waals surface area contributed by atoms with Gasteiger partial charge in [-0.2, -0.15) is 11.8 Å². The van der Waals surface area contributed by atoms with Gasteiger partial charge in [-0.3, -0.25) is 10.1 Å². The first-order valence-corrected chi connectivity index (χ1v) is 6.64. The molecule has 3 amide bonds. The molecule has 0 aliphatic carbocycles. The third kappa shape index (κ3) is 6.68. The lowest BCUT2D eigenvalue weighted by molar-refractivity contribution is -0.121. The highest BCUT2D eigenvalue weighted by molar-refractivity contribution is 7.99.